The van der Waals surface area contributed by atoms with Crippen molar-refractivity contribution in [3.05, 3.63) is 0 Å². The van der Waals surface area contributed by atoms with E-state index in [2.05, 4.69) is 30.6 Å². The lowest BCUT2D eigenvalue weighted by molar-refractivity contribution is -0.139. The second kappa shape index (κ2) is 6.71. The SMILES string of the molecule is CCN1CCN(CCC(=O)N2CC(C(C)C)C2)CC1. The van der Waals surface area contributed by atoms with Crippen molar-refractivity contribution in [2.75, 3.05) is 52.4 Å². The van der Waals surface area contributed by atoms with Crippen molar-refractivity contribution in [1.82, 2.24) is 14.7 Å². The van der Waals surface area contributed by atoms with Crippen molar-refractivity contribution in [2.24, 2.45) is 11.8 Å². The van der Waals surface area contributed by atoms with E-state index in [1.54, 1.807) is 0 Å². The van der Waals surface area contributed by atoms with E-state index in [1.807, 2.05) is 4.90 Å². The molecule has 19 heavy (non-hydrogen) atoms. The van der Waals surface area contributed by atoms with Gasteiger partial charge >= 0.3 is 0 Å². The highest BCUT2D eigenvalue weighted by Gasteiger charge is 2.32. The van der Waals surface area contributed by atoms with Crippen LogP contribution in [0, 0.1) is 11.8 Å². The topological polar surface area (TPSA) is 26.8 Å². The Morgan fingerprint density at radius 2 is 1.68 bits per heavy atom. The van der Waals surface area contributed by atoms with Crippen molar-refractivity contribution >= 4 is 5.91 Å². The number of carbonyl (C=O) groups is 1. The predicted molar refractivity (Wildman–Crippen MR) is 78.1 cm³/mol. The standard InChI is InChI=1S/C15H29N3O/c1-4-16-7-9-17(10-8-16)6-5-15(19)18-11-14(12-18)13(2)3/h13-14H,4-12H2,1-3H3. The smallest absolute Gasteiger partial charge is 0.223 e. The molecule has 2 heterocycles. The number of nitrogens with zero attached hydrogens (tertiary/aromatic N) is 3. The molecular formula is C15H29N3O. The summed E-state index contributed by atoms with van der Waals surface area (Å²) in [6, 6.07) is 0. The molecule has 1 amide bonds. The number of likely N-dealkylation sites (tertiary alicyclic amines) is 1. The van der Waals surface area contributed by atoms with Gasteiger partial charge in [0.05, 0.1) is 0 Å². The molecule has 0 aromatic heterocycles. The Morgan fingerprint density at radius 3 is 2.21 bits per heavy atom. The molecule has 0 bridgehead atoms. The Labute approximate surface area is 117 Å². The molecule has 2 saturated heterocycles. The average molecular weight is 267 g/mol. The molecule has 2 aliphatic heterocycles. The number of carbonyl (C=O) groups excluding carboxylic acids is 1. The summed E-state index contributed by atoms with van der Waals surface area (Å²) in [5.74, 6) is 1.80. The minimum Gasteiger partial charge on any atom is -0.342 e. The van der Waals surface area contributed by atoms with E-state index in [9.17, 15) is 4.79 Å². The summed E-state index contributed by atoms with van der Waals surface area (Å²) in [5, 5.41) is 0. The van der Waals surface area contributed by atoms with E-state index < -0.39 is 0 Å². The Balaban J connectivity index is 1.60. The van der Waals surface area contributed by atoms with E-state index in [1.165, 1.54) is 0 Å². The minimum absolute atomic E-state index is 0.356. The van der Waals surface area contributed by atoms with E-state index in [-0.39, 0.29) is 0 Å². The first-order valence-electron chi connectivity index (χ1n) is 7.82. The van der Waals surface area contributed by atoms with Crippen molar-refractivity contribution in [1.29, 1.82) is 0 Å². The van der Waals surface area contributed by atoms with Gasteiger partial charge in [-0.1, -0.05) is 20.8 Å². The summed E-state index contributed by atoms with van der Waals surface area (Å²) < 4.78 is 0. The average Bonchev–Trinajstić information content (AvgIpc) is 2.34. The number of likely N-dealkylation sites (N-methyl/N-ethyl adjacent to an activating group) is 1. The molecule has 2 aliphatic rings. The summed E-state index contributed by atoms with van der Waals surface area (Å²) in [4.78, 5) is 19.0. The van der Waals surface area contributed by atoms with Crippen LogP contribution in [0.15, 0.2) is 0 Å². The first-order valence-corrected chi connectivity index (χ1v) is 7.82. The number of hydrogen-bond donors (Lipinski definition) is 0. The molecule has 4 nitrogen and oxygen atoms in total. The fourth-order valence-corrected chi connectivity index (χ4v) is 2.88. The van der Waals surface area contributed by atoms with Crippen LogP contribution in [0.5, 0.6) is 0 Å². The molecule has 0 unspecified atom stereocenters. The molecule has 0 radical (unpaired) electrons. The molecule has 0 saturated carbocycles. The number of hydrogen-bond acceptors (Lipinski definition) is 3. The zero-order valence-corrected chi connectivity index (χ0v) is 12.8. The summed E-state index contributed by atoms with van der Waals surface area (Å²) in [6.07, 6.45) is 0.705. The highest BCUT2D eigenvalue weighted by molar-refractivity contribution is 5.77. The van der Waals surface area contributed by atoms with Crippen LogP contribution >= 0.6 is 0 Å². The van der Waals surface area contributed by atoms with Gasteiger partial charge in [-0.15, -0.1) is 0 Å². The van der Waals surface area contributed by atoms with Gasteiger partial charge in [0.15, 0.2) is 0 Å². The zero-order chi connectivity index (χ0) is 13.8. The fourth-order valence-electron chi connectivity index (χ4n) is 2.88. The maximum atomic E-state index is 12.0. The Bertz CT molecular complexity index is 292. The zero-order valence-electron chi connectivity index (χ0n) is 12.8. The van der Waals surface area contributed by atoms with Crippen LogP contribution in [0.25, 0.3) is 0 Å². The minimum atomic E-state index is 0.356. The van der Waals surface area contributed by atoms with Crippen LogP contribution in [0.1, 0.15) is 27.2 Å². The normalized spacial score (nSPS) is 22.8. The summed E-state index contributed by atoms with van der Waals surface area (Å²) in [6.45, 7) is 15.3. The Kier molecular flexibility index (Phi) is 5.22. The van der Waals surface area contributed by atoms with Gasteiger partial charge in [0, 0.05) is 52.2 Å². The van der Waals surface area contributed by atoms with E-state index in [0.29, 0.717) is 18.2 Å². The highest BCUT2D eigenvalue weighted by Crippen LogP contribution is 2.23. The highest BCUT2D eigenvalue weighted by atomic mass is 16.2. The monoisotopic (exact) mass is 267 g/mol. The van der Waals surface area contributed by atoms with Crippen molar-refractivity contribution < 1.29 is 4.79 Å². The van der Waals surface area contributed by atoms with E-state index >= 15 is 0 Å². The fraction of sp³-hybridized carbons (Fsp3) is 0.933. The van der Waals surface area contributed by atoms with Gasteiger partial charge in [-0.2, -0.15) is 0 Å². The number of rotatable bonds is 5. The molecule has 110 valence electrons. The molecular weight excluding hydrogens is 238 g/mol. The molecule has 0 aromatic carbocycles. The molecule has 0 atom stereocenters. The van der Waals surface area contributed by atoms with Crippen molar-refractivity contribution in [3.8, 4) is 0 Å². The van der Waals surface area contributed by atoms with E-state index in [4.69, 9.17) is 0 Å². The molecule has 0 spiro atoms. The van der Waals surface area contributed by atoms with Gasteiger partial charge in [0.1, 0.15) is 0 Å². The lowest BCUT2D eigenvalue weighted by Crippen LogP contribution is -2.53. The number of piperazine rings is 1. The van der Waals surface area contributed by atoms with Crippen molar-refractivity contribution in [3.63, 3.8) is 0 Å². The summed E-state index contributed by atoms with van der Waals surface area (Å²) in [5.41, 5.74) is 0. The van der Waals surface area contributed by atoms with Crippen LogP contribution in [0.4, 0.5) is 0 Å². The third-order valence-electron chi connectivity index (χ3n) is 4.76. The second-order valence-electron chi connectivity index (χ2n) is 6.33. The van der Waals surface area contributed by atoms with Gasteiger partial charge in [0.2, 0.25) is 5.91 Å². The van der Waals surface area contributed by atoms with Gasteiger partial charge in [-0.05, 0) is 18.4 Å². The molecule has 0 aliphatic carbocycles. The molecule has 2 fully saturated rings. The van der Waals surface area contributed by atoms with Gasteiger partial charge in [0.25, 0.3) is 0 Å². The lowest BCUT2D eigenvalue weighted by Gasteiger charge is -2.42. The molecule has 4 heteroatoms. The van der Waals surface area contributed by atoms with Crippen LogP contribution in [-0.2, 0) is 4.79 Å². The Morgan fingerprint density at radius 1 is 1.11 bits per heavy atom. The first kappa shape index (κ1) is 14.8. The van der Waals surface area contributed by atoms with Gasteiger partial charge in [-0.25, -0.2) is 0 Å². The van der Waals surface area contributed by atoms with Crippen LogP contribution in [-0.4, -0.2) is 73.0 Å². The van der Waals surface area contributed by atoms with Crippen LogP contribution < -0.4 is 0 Å². The van der Waals surface area contributed by atoms with Gasteiger partial charge in [-0.3, -0.25) is 4.79 Å². The maximum absolute atomic E-state index is 12.0. The first-order chi connectivity index (χ1) is 9.10. The Hall–Kier alpha value is -0.610. The van der Waals surface area contributed by atoms with E-state index in [0.717, 1.165) is 58.3 Å². The van der Waals surface area contributed by atoms with Crippen LogP contribution in [0.2, 0.25) is 0 Å². The quantitative estimate of drug-likeness (QED) is 0.747. The number of amides is 1. The maximum Gasteiger partial charge on any atom is 0.223 e. The van der Waals surface area contributed by atoms with Crippen LogP contribution in [0.3, 0.4) is 0 Å². The largest absolute Gasteiger partial charge is 0.342 e. The summed E-state index contributed by atoms with van der Waals surface area (Å²) in [7, 11) is 0. The summed E-state index contributed by atoms with van der Waals surface area (Å²) >= 11 is 0. The third-order valence-corrected chi connectivity index (χ3v) is 4.76. The third kappa shape index (κ3) is 3.93. The molecule has 2 rings (SSSR count). The van der Waals surface area contributed by atoms with Gasteiger partial charge < -0.3 is 14.7 Å². The predicted octanol–water partition coefficient (Wildman–Crippen LogP) is 1.13. The lowest BCUT2D eigenvalue weighted by atomic mass is 9.88. The van der Waals surface area contributed by atoms with Crippen molar-refractivity contribution in [2.45, 2.75) is 27.2 Å². The molecule has 0 N–H and O–H groups in total. The molecule has 0 aromatic rings. The second-order valence-corrected chi connectivity index (χ2v) is 6.33.